The molecule has 0 bridgehead atoms. The number of benzene rings is 2. The molecule has 2 unspecified atom stereocenters. The minimum absolute atomic E-state index is 0.0293. The Kier molecular flexibility index (Phi) is 7.77. The zero-order valence-electron chi connectivity index (χ0n) is 17.4. The average Bonchev–Trinajstić information content (AvgIpc) is 2.73. The third kappa shape index (κ3) is 5.22. The summed E-state index contributed by atoms with van der Waals surface area (Å²) in [4.78, 5) is 0. The first-order valence-electron chi connectivity index (χ1n) is 10.9. The lowest BCUT2D eigenvalue weighted by Crippen LogP contribution is -2.20. The number of rotatable bonds is 8. The fourth-order valence-electron chi connectivity index (χ4n) is 4.21. The van der Waals surface area contributed by atoms with Crippen molar-refractivity contribution in [2.45, 2.75) is 71.3 Å². The average molecular weight is 405 g/mol. The molecule has 1 aliphatic rings. The van der Waals surface area contributed by atoms with Crippen LogP contribution in [-0.2, 0) is 11.2 Å². The van der Waals surface area contributed by atoms with Gasteiger partial charge in [0.2, 0.25) is 0 Å². The van der Waals surface area contributed by atoms with Crippen molar-refractivity contribution in [3.63, 3.8) is 0 Å². The van der Waals surface area contributed by atoms with Crippen molar-refractivity contribution in [3.8, 4) is 11.1 Å². The SMILES string of the molecule is CCCCCc1ccc(-c2ccc(C3CCC(CCC)CO3)cc2F)c(F)c1F. The zero-order chi connectivity index (χ0) is 20.8. The van der Waals surface area contributed by atoms with Crippen molar-refractivity contribution < 1.29 is 17.9 Å². The highest BCUT2D eigenvalue weighted by Crippen LogP contribution is 2.35. The number of aryl methyl sites for hydroxylation is 1. The second kappa shape index (κ2) is 10.3. The maximum Gasteiger partial charge on any atom is 0.167 e. The molecule has 29 heavy (non-hydrogen) atoms. The van der Waals surface area contributed by atoms with Gasteiger partial charge in [0.25, 0.3) is 0 Å². The Morgan fingerprint density at radius 1 is 0.897 bits per heavy atom. The molecule has 158 valence electrons. The summed E-state index contributed by atoms with van der Waals surface area (Å²) in [7, 11) is 0. The molecule has 0 spiro atoms. The molecule has 1 heterocycles. The number of hydrogen-bond donors (Lipinski definition) is 0. The van der Waals surface area contributed by atoms with Crippen LogP contribution in [0.3, 0.4) is 0 Å². The molecule has 0 saturated carbocycles. The van der Waals surface area contributed by atoms with E-state index in [2.05, 4.69) is 13.8 Å². The first-order valence-corrected chi connectivity index (χ1v) is 10.9. The number of hydrogen-bond acceptors (Lipinski definition) is 1. The molecule has 2 atom stereocenters. The van der Waals surface area contributed by atoms with Crippen LogP contribution in [0.15, 0.2) is 30.3 Å². The van der Waals surface area contributed by atoms with Crippen LogP contribution in [0.25, 0.3) is 11.1 Å². The summed E-state index contributed by atoms with van der Waals surface area (Å²) in [6, 6.07) is 7.79. The third-order valence-corrected chi connectivity index (χ3v) is 5.93. The zero-order valence-corrected chi connectivity index (χ0v) is 17.4. The Morgan fingerprint density at radius 2 is 1.69 bits per heavy atom. The van der Waals surface area contributed by atoms with E-state index in [9.17, 15) is 13.2 Å². The largest absolute Gasteiger partial charge is 0.373 e. The molecule has 1 fully saturated rings. The fourth-order valence-corrected chi connectivity index (χ4v) is 4.21. The van der Waals surface area contributed by atoms with Crippen LogP contribution < -0.4 is 0 Å². The maximum absolute atomic E-state index is 14.8. The predicted molar refractivity (Wildman–Crippen MR) is 111 cm³/mol. The normalized spacial score (nSPS) is 19.5. The highest BCUT2D eigenvalue weighted by atomic mass is 19.2. The van der Waals surface area contributed by atoms with Crippen LogP contribution in [0.4, 0.5) is 13.2 Å². The van der Waals surface area contributed by atoms with Gasteiger partial charge in [0.15, 0.2) is 11.6 Å². The van der Waals surface area contributed by atoms with Crippen molar-refractivity contribution in [3.05, 3.63) is 58.9 Å². The molecule has 0 N–H and O–H groups in total. The Bertz CT molecular complexity index is 810. The number of unbranched alkanes of at least 4 members (excludes halogenated alkanes) is 2. The molecular weight excluding hydrogens is 373 g/mol. The number of halogens is 3. The van der Waals surface area contributed by atoms with Crippen LogP contribution >= 0.6 is 0 Å². The van der Waals surface area contributed by atoms with Crippen molar-refractivity contribution in [2.75, 3.05) is 6.61 Å². The van der Waals surface area contributed by atoms with E-state index < -0.39 is 17.5 Å². The molecule has 3 rings (SSSR count). The van der Waals surface area contributed by atoms with Crippen LogP contribution in [0.2, 0.25) is 0 Å². The summed E-state index contributed by atoms with van der Waals surface area (Å²) in [5.74, 6) is -1.80. The molecule has 0 radical (unpaired) electrons. The van der Waals surface area contributed by atoms with Gasteiger partial charge in [-0.2, -0.15) is 0 Å². The molecule has 2 aromatic carbocycles. The summed E-state index contributed by atoms with van der Waals surface area (Å²) in [5.41, 5.74) is 1.18. The molecule has 0 amide bonds. The summed E-state index contributed by atoms with van der Waals surface area (Å²) in [6.45, 7) is 4.93. The topological polar surface area (TPSA) is 9.23 Å². The van der Waals surface area contributed by atoms with Gasteiger partial charge in [-0.3, -0.25) is 0 Å². The molecule has 0 aliphatic carbocycles. The van der Waals surface area contributed by atoms with Gasteiger partial charge in [-0.1, -0.05) is 57.4 Å². The first kappa shape index (κ1) is 21.9. The van der Waals surface area contributed by atoms with E-state index in [1.54, 1.807) is 18.2 Å². The van der Waals surface area contributed by atoms with Crippen LogP contribution in [0, 0.1) is 23.4 Å². The molecule has 1 nitrogen and oxygen atoms in total. The van der Waals surface area contributed by atoms with Crippen molar-refractivity contribution in [1.82, 2.24) is 0 Å². The van der Waals surface area contributed by atoms with Gasteiger partial charge in [0, 0.05) is 11.1 Å². The van der Waals surface area contributed by atoms with Crippen LogP contribution in [-0.4, -0.2) is 6.61 Å². The highest BCUT2D eigenvalue weighted by molar-refractivity contribution is 5.66. The Balaban J connectivity index is 1.76. The lowest BCUT2D eigenvalue weighted by Gasteiger charge is -2.29. The van der Waals surface area contributed by atoms with Crippen molar-refractivity contribution in [2.24, 2.45) is 5.92 Å². The van der Waals surface area contributed by atoms with E-state index >= 15 is 0 Å². The minimum atomic E-state index is -0.970. The second-order valence-corrected chi connectivity index (χ2v) is 8.15. The second-order valence-electron chi connectivity index (χ2n) is 8.15. The van der Waals surface area contributed by atoms with Gasteiger partial charge < -0.3 is 4.74 Å². The quantitative estimate of drug-likeness (QED) is 0.408. The van der Waals surface area contributed by atoms with Gasteiger partial charge >= 0.3 is 0 Å². The predicted octanol–water partition coefficient (Wildman–Crippen LogP) is 7.77. The monoisotopic (exact) mass is 404 g/mol. The smallest absolute Gasteiger partial charge is 0.167 e. The summed E-state index contributed by atoms with van der Waals surface area (Å²) >= 11 is 0. The Labute approximate surface area is 172 Å². The Morgan fingerprint density at radius 3 is 2.34 bits per heavy atom. The maximum atomic E-state index is 14.8. The van der Waals surface area contributed by atoms with Gasteiger partial charge in [0.05, 0.1) is 12.7 Å². The summed E-state index contributed by atoms with van der Waals surface area (Å²) in [5, 5.41) is 0. The lowest BCUT2D eigenvalue weighted by molar-refractivity contribution is -0.0195. The van der Waals surface area contributed by atoms with E-state index in [0.717, 1.165) is 50.5 Å². The number of ether oxygens (including phenoxy) is 1. The molecular formula is C25H31F3O. The standard InChI is InChI=1S/C25H31F3O/c1-3-5-6-8-18-10-13-21(25(28)24(18)27)20-12-11-19(15-22(20)26)23-14-9-17(7-4-2)16-29-23/h10-13,15,17,23H,3-9,14,16H2,1-2H3. The minimum Gasteiger partial charge on any atom is -0.373 e. The summed E-state index contributed by atoms with van der Waals surface area (Å²) < 4.78 is 49.8. The third-order valence-electron chi connectivity index (χ3n) is 5.93. The first-order chi connectivity index (χ1) is 14.0. The van der Waals surface area contributed by atoms with Gasteiger partial charge in [0.1, 0.15) is 5.82 Å². The van der Waals surface area contributed by atoms with Gasteiger partial charge in [-0.15, -0.1) is 0 Å². The molecule has 0 aromatic heterocycles. The molecule has 1 aliphatic heterocycles. The van der Waals surface area contributed by atoms with E-state index in [1.165, 1.54) is 12.1 Å². The Hall–Kier alpha value is -1.81. The highest BCUT2D eigenvalue weighted by Gasteiger charge is 2.24. The fraction of sp³-hybridized carbons (Fsp3) is 0.520. The molecule has 2 aromatic rings. The van der Waals surface area contributed by atoms with Crippen LogP contribution in [0.5, 0.6) is 0 Å². The lowest BCUT2D eigenvalue weighted by atomic mass is 9.91. The summed E-state index contributed by atoms with van der Waals surface area (Å²) in [6.07, 6.45) is 7.40. The van der Waals surface area contributed by atoms with Gasteiger partial charge in [-0.25, -0.2) is 13.2 Å². The van der Waals surface area contributed by atoms with E-state index in [-0.39, 0.29) is 17.2 Å². The van der Waals surface area contributed by atoms with E-state index in [1.807, 2.05) is 0 Å². The van der Waals surface area contributed by atoms with Gasteiger partial charge in [-0.05, 0) is 55.2 Å². The van der Waals surface area contributed by atoms with E-state index in [0.29, 0.717) is 24.5 Å². The molecule has 4 heteroatoms. The van der Waals surface area contributed by atoms with E-state index in [4.69, 9.17) is 4.74 Å². The van der Waals surface area contributed by atoms with Crippen LogP contribution in [0.1, 0.15) is 76.0 Å². The van der Waals surface area contributed by atoms with Crippen molar-refractivity contribution in [1.29, 1.82) is 0 Å². The van der Waals surface area contributed by atoms with Crippen molar-refractivity contribution >= 4 is 0 Å². The molecule has 1 saturated heterocycles.